The highest BCUT2D eigenvalue weighted by Gasteiger charge is 2.61. The van der Waals surface area contributed by atoms with E-state index in [1.54, 1.807) is 20.8 Å². The number of allylic oxidation sites excluding steroid dienone is 1. The molecular weight excluding hydrogens is 592 g/mol. The van der Waals surface area contributed by atoms with Gasteiger partial charge >= 0.3 is 6.09 Å². The summed E-state index contributed by atoms with van der Waals surface area (Å²) in [5.74, 6) is -2.16. The van der Waals surface area contributed by atoms with Crippen molar-refractivity contribution in [3.05, 3.63) is 28.6 Å². The van der Waals surface area contributed by atoms with Gasteiger partial charge in [0, 0.05) is 12.5 Å². The van der Waals surface area contributed by atoms with Gasteiger partial charge in [-0.25, -0.2) is 17.9 Å². The molecule has 2 fully saturated rings. The number of nitrogens with zero attached hydrogens (tertiary/aromatic N) is 1. The van der Waals surface area contributed by atoms with E-state index < -0.39 is 57.1 Å². The summed E-state index contributed by atoms with van der Waals surface area (Å²) in [6.07, 6.45) is 7.66. The van der Waals surface area contributed by atoms with Gasteiger partial charge in [-0.1, -0.05) is 36.6 Å². The number of nitrogens with one attached hydrogen (secondary N) is 3. The predicted octanol–water partition coefficient (Wildman–Crippen LogP) is 3.49. The van der Waals surface area contributed by atoms with Crippen LogP contribution < -0.4 is 15.4 Å². The molecule has 11 nitrogen and oxygen atoms in total. The number of hydrogen-bond acceptors (Lipinski definition) is 8. The second kappa shape index (κ2) is 12.3. The van der Waals surface area contributed by atoms with Gasteiger partial charge in [0.25, 0.3) is 15.9 Å². The number of carbonyl (C=O) groups excluding carboxylic acids is 4. The van der Waals surface area contributed by atoms with E-state index in [0.29, 0.717) is 38.6 Å². The van der Waals surface area contributed by atoms with Crippen LogP contribution in [-0.4, -0.2) is 66.9 Å². The van der Waals surface area contributed by atoms with Crippen molar-refractivity contribution >= 4 is 56.8 Å². The average Bonchev–Trinajstić information content (AvgIpc) is 3.19. The third-order valence-electron chi connectivity index (χ3n) is 7.37. The highest BCUT2D eigenvalue weighted by Crippen LogP contribution is 2.46. The van der Waals surface area contributed by atoms with Crippen LogP contribution >= 0.6 is 22.9 Å². The van der Waals surface area contributed by atoms with Crippen LogP contribution in [0.25, 0.3) is 0 Å². The molecule has 1 saturated carbocycles. The van der Waals surface area contributed by atoms with Crippen molar-refractivity contribution in [3.63, 3.8) is 0 Å². The van der Waals surface area contributed by atoms with Crippen LogP contribution in [0, 0.1) is 5.92 Å². The topological polar surface area (TPSA) is 151 Å². The van der Waals surface area contributed by atoms with Crippen molar-refractivity contribution in [2.24, 2.45) is 5.92 Å². The van der Waals surface area contributed by atoms with E-state index in [4.69, 9.17) is 16.3 Å². The van der Waals surface area contributed by atoms with Gasteiger partial charge in [-0.2, -0.15) is 0 Å². The SMILES string of the molecule is CC(C)(C)OC(=O)NC1CCCCC/C=C\C2CC2(C(=O)NS(=O)(=O)c2ccc(Cl)s2)NC(=O)C2CCCN2C1=O. The van der Waals surface area contributed by atoms with Gasteiger partial charge in [0.1, 0.15) is 27.4 Å². The van der Waals surface area contributed by atoms with E-state index in [1.807, 2.05) is 12.2 Å². The lowest BCUT2D eigenvalue weighted by Gasteiger charge is -2.30. The van der Waals surface area contributed by atoms with Gasteiger partial charge in [0.15, 0.2) is 0 Å². The summed E-state index contributed by atoms with van der Waals surface area (Å²) in [5, 5.41) is 5.49. The van der Waals surface area contributed by atoms with Gasteiger partial charge in [0.05, 0.1) is 4.34 Å². The highest BCUT2D eigenvalue weighted by molar-refractivity contribution is 7.92. The molecule has 1 saturated heterocycles. The van der Waals surface area contributed by atoms with Gasteiger partial charge < -0.3 is 20.3 Å². The standard InChI is InChI=1S/C27H37ClN4O7S2/c1-26(2,3)39-25(36)29-18-11-8-6-4-5-7-10-17-16-27(17,30-22(33)19-12-9-15-32(19)23(18)34)24(35)31-41(37,38)21-14-13-20(28)40-21/h7,10,13-14,17-19H,4-6,8-9,11-12,15-16H2,1-3H3,(H,29,36)(H,30,33)(H,31,35)/b10-7-. The van der Waals surface area contributed by atoms with E-state index in [9.17, 15) is 27.6 Å². The predicted molar refractivity (Wildman–Crippen MR) is 154 cm³/mol. The second-order valence-corrected chi connectivity index (χ2v) is 15.3. The van der Waals surface area contributed by atoms with Crippen LogP contribution in [0.15, 0.2) is 28.5 Å². The lowest BCUT2D eigenvalue weighted by Crippen LogP contribution is -2.58. The van der Waals surface area contributed by atoms with Crippen molar-refractivity contribution < 1.29 is 32.3 Å². The summed E-state index contributed by atoms with van der Waals surface area (Å²) in [6.45, 7) is 5.52. The summed E-state index contributed by atoms with van der Waals surface area (Å²) >= 11 is 6.71. The van der Waals surface area contributed by atoms with E-state index in [2.05, 4.69) is 15.4 Å². The maximum Gasteiger partial charge on any atom is 0.408 e. The average molecular weight is 629 g/mol. The molecule has 3 aliphatic rings. The van der Waals surface area contributed by atoms with Crippen molar-refractivity contribution in [1.29, 1.82) is 0 Å². The molecule has 2 aliphatic heterocycles. The molecule has 1 aromatic heterocycles. The fraction of sp³-hybridized carbons (Fsp3) is 0.630. The maximum absolute atomic E-state index is 13.7. The van der Waals surface area contributed by atoms with Crippen LogP contribution in [0.4, 0.5) is 4.79 Å². The van der Waals surface area contributed by atoms with E-state index in [0.717, 1.165) is 24.2 Å². The maximum atomic E-state index is 13.7. The van der Waals surface area contributed by atoms with Crippen LogP contribution in [0.5, 0.6) is 0 Å². The Labute approximate surface area is 249 Å². The minimum absolute atomic E-state index is 0.112. The largest absolute Gasteiger partial charge is 0.444 e. The first-order valence-corrected chi connectivity index (χ1v) is 16.5. The first-order chi connectivity index (χ1) is 19.2. The minimum Gasteiger partial charge on any atom is -0.444 e. The van der Waals surface area contributed by atoms with Crippen molar-refractivity contribution in [2.75, 3.05) is 6.54 Å². The zero-order valence-electron chi connectivity index (χ0n) is 23.4. The zero-order chi connectivity index (χ0) is 30.0. The second-order valence-electron chi connectivity index (χ2n) is 11.7. The minimum atomic E-state index is -4.20. The number of ether oxygens (including phenoxy) is 1. The Morgan fingerprint density at radius 1 is 1.15 bits per heavy atom. The fourth-order valence-corrected chi connectivity index (χ4v) is 7.77. The lowest BCUT2D eigenvalue weighted by molar-refractivity contribution is -0.141. The number of alkyl carbamates (subject to hydrolysis) is 1. The molecule has 14 heteroatoms. The molecular formula is C27H37ClN4O7S2. The summed E-state index contributed by atoms with van der Waals surface area (Å²) in [5.41, 5.74) is -2.21. The summed E-state index contributed by atoms with van der Waals surface area (Å²) in [6, 6.07) is 1.00. The Kier molecular flexibility index (Phi) is 9.39. The first-order valence-electron chi connectivity index (χ1n) is 13.8. The highest BCUT2D eigenvalue weighted by atomic mass is 35.5. The van der Waals surface area contributed by atoms with Crippen molar-refractivity contribution in [1.82, 2.24) is 20.3 Å². The molecule has 4 unspecified atom stereocenters. The first kappa shape index (κ1) is 31.3. The molecule has 4 amide bonds. The molecule has 41 heavy (non-hydrogen) atoms. The molecule has 0 spiro atoms. The number of hydrogen-bond donors (Lipinski definition) is 3. The number of carbonyl (C=O) groups is 4. The Bertz CT molecular complexity index is 1320. The van der Waals surface area contributed by atoms with E-state index >= 15 is 0 Å². The summed E-state index contributed by atoms with van der Waals surface area (Å²) < 4.78 is 33.4. The third kappa shape index (κ3) is 7.61. The quantitative estimate of drug-likeness (QED) is 0.432. The Morgan fingerprint density at radius 2 is 1.90 bits per heavy atom. The number of thiophene rings is 1. The molecule has 0 radical (unpaired) electrons. The Hall–Kier alpha value is -2.64. The molecule has 226 valence electrons. The summed E-state index contributed by atoms with van der Waals surface area (Å²) in [7, 11) is -4.20. The van der Waals surface area contributed by atoms with E-state index in [1.165, 1.54) is 17.0 Å². The van der Waals surface area contributed by atoms with Gasteiger partial charge in [-0.05, 0) is 71.4 Å². The van der Waals surface area contributed by atoms with Crippen molar-refractivity contribution in [3.8, 4) is 0 Å². The molecule has 0 aromatic carbocycles. The van der Waals surface area contributed by atoms with Gasteiger partial charge in [-0.3, -0.25) is 14.4 Å². The lowest BCUT2D eigenvalue weighted by atomic mass is 10.0. The van der Waals surface area contributed by atoms with Gasteiger partial charge in [-0.15, -0.1) is 11.3 Å². The Morgan fingerprint density at radius 3 is 2.59 bits per heavy atom. The number of sulfonamides is 1. The normalized spacial score (nSPS) is 28.3. The molecule has 4 atom stereocenters. The molecule has 0 bridgehead atoms. The summed E-state index contributed by atoms with van der Waals surface area (Å²) in [4.78, 5) is 54.7. The monoisotopic (exact) mass is 628 g/mol. The molecule has 1 aromatic rings. The van der Waals surface area contributed by atoms with Crippen LogP contribution in [0.2, 0.25) is 4.34 Å². The Balaban J connectivity index is 1.56. The number of fused-ring (bicyclic) bond motifs is 2. The van der Waals surface area contributed by atoms with Crippen molar-refractivity contribution in [2.45, 2.75) is 99.6 Å². The third-order valence-corrected chi connectivity index (χ3v) is 10.4. The molecule has 3 heterocycles. The molecule has 1 aliphatic carbocycles. The molecule has 4 rings (SSSR count). The molecule has 3 N–H and O–H groups in total. The van der Waals surface area contributed by atoms with E-state index in [-0.39, 0.29) is 20.9 Å². The van der Waals surface area contributed by atoms with Crippen LogP contribution in [-0.2, 0) is 29.1 Å². The van der Waals surface area contributed by atoms with Crippen LogP contribution in [0.1, 0.15) is 72.1 Å². The van der Waals surface area contributed by atoms with Gasteiger partial charge in [0.2, 0.25) is 11.8 Å². The zero-order valence-corrected chi connectivity index (χ0v) is 25.8. The smallest absolute Gasteiger partial charge is 0.408 e. The van der Waals surface area contributed by atoms with Crippen LogP contribution in [0.3, 0.4) is 0 Å². The number of rotatable bonds is 4. The number of amides is 4. The number of halogens is 1. The fourth-order valence-electron chi connectivity index (χ4n) is 5.25.